The average molecular weight is 433 g/mol. The average Bonchev–Trinajstić information content (AvgIpc) is 3.11. The lowest BCUT2D eigenvalue weighted by Crippen LogP contribution is -2.53. The predicted octanol–water partition coefficient (Wildman–Crippen LogP) is 4.29. The minimum Gasteiger partial charge on any atom is -0.444 e. The maximum absolute atomic E-state index is 9.02. The fourth-order valence-electron chi connectivity index (χ4n) is 4.32. The van der Waals surface area contributed by atoms with E-state index in [1.165, 1.54) is 12.8 Å². The minimum atomic E-state index is 0.305. The van der Waals surface area contributed by atoms with Gasteiger partial charge in [0.1, 0.15) is 11.9 Å². The Morgan fingerprint density at radius 1 is 1.30 bits per heavy atom. The zero-order chi connectivity index (χ0) is 19.0. The number of rotatable bonds is 3. The molecule has 2 unspecified atom stereocenters. The maximum Gasteiger partial charge on any atom is 0.204 e. The van der Waals surface area contributed by atoms with Crippen LogP contribution in [0.1, 0.15) is 45.3 Å². The van der Waals surface area contributed by atoms with E-state index in [-0.39, 0.29) is 0 Å². The second-order valence-corrected chi connectivity index (χ2v) is 8.55. The molecule has 0 spiro atoms. The molecular weight excluding hydrogens is 408 g/mol. The molecule has 144 valence electrons. The third-order valence-corrected chi connectivity index (χ3v) is 6.59. The number of morpholine rings is 1. The van der Waals surface area contributed by atoms with Crippen LogP contribution in [0.4, 0.5) is 5.82 Å². The van der Waals surface area contributed by atoms with Crippen LogP contribution in [0.2, 0.25) is 0 Å². The van der Waals surface area contributed by atoms with Gasteiger partial charge in [-0.2, -0.15) is 5.26 Å². The fourth-order valence-corrected chi connectivity index (χ4v) is 4.85. The van der Waals surface area contributed by atoms with E-state index in [4.69, 9.17) is 14.4 Å². The lowest BCUT2D eigenvalue weighted by Gasteiger charge is -2.44. The lowest BCUT2D eigenvalue weighted by atomic mass is 9.89. The van der Waals surface area contributed by atoms with Gasteiger partial charge in [0.2, 0.25) is 5.76 Å². The van der Waals surface area contributed by atoms with Crippen molar-refractivity contribution in [2.75, 3.05) is 18.5 Å². The number of halogens is 1. The van der Waals surface area contributed by atoms with Crippen LogP contribution in [0.15, 0.2) is 21.2 Å². The Bertz CT molecular complexity index is 854. The number of nitrogens with one attached hydrogen (secondary N) is 1. The van der Waals surface area contributed by atoms with Gasteiger partial charge in [0.25, 0.3) is 0 Å². The topological polar surface area (TPSA) is 74.3 Å². The van der Waals surface area contributed by atoms with Crippen molar-refractivity contribution in [3.05, 3.63) is 22.5 Å². The van der Waals surface area contributed by atoms with Gasteiger partial charge in [0, 0.05) is 36.1 Å². The van der Waals surface area contributed by atoms with E-state index in [0.29, 0.717) is 35.6 Å². The SMILES string of the molecule is CC1CN(C2CCC(Nc3ncc4oc(C#N)cc4c3Br)CC2)C(C)CO1. The third kappa shape index (κ3) is 3.84. The van der Waals surface area contributed by atoms with Gasteiger partial charge < -0.3 is 14.5 Å². The molecular formula is C20H25BrN4O2. The van der Waals surface area contributed by atoms with E-state index in [9.17, 15) is 0 Å². The number of hydrogen-bond acceptors (Lipinski definition) is 6. The molecule has 1 aliphatic heterocycles. The zero-order valence-electron chi connectivity index (χ0n) is 15.7. The summed E-state index contributed by atoms with van der Waals surface area (Å²) in [5, 5.41) is 13.5. The molecule has 7 heteroatoms. The summed E-state index contributed by atoms with van der Waals surface area (Å²) in [6.45, 7) is 6.31. The van der Waals surface area contributed by atoms with E-state index in [1.807, 2.05) is 6.07 Å². The summed E-state index contributed by atoms with van der Waals surface area (Å²) in [5.74, 6) is 1.13. The van der Waals surface area contributed by atoms with Gasteiger partial charge >= 0.3 is 0 Å². The second-order valence-electron chi connectivity index (χ2n) is 7.76. The summed E-state index contributed by atoms with van der Waals surface area (Å²) in [4.78, 5) is 7.13. The number of nitrogens with zero attached hydrogens (tertiary/aromatic N) is 3. The Kier molecular flexibility index (Phi) is 5.40. The molecule has 6 nitrogen and oxygen atoms in total. The molecule has 2 aromatic rings. The number of ether oxygens (including phenoxy) is 1. The van der Waals surface area contributed by atoms with Gasteiger partial charge in [-0.25, -0.2) is 4.98 Å². The largest absolute Gasteiger partial charge is 0.444 e. The van der Waals surface area contributed by atoms with Crippen LogP contribution < -0.4 is 5.32 Å². The molecule has 1 saturated carbocycles. The molecule has 4 rings (SSSR count). The van der Waals surface area contributed by atoms with Crippen LogP contribution in [0, 0.1) is 11.3 Å². The molecule has 27 heavy (non-hydrogen) atoms. The summed E-state index contributed by atoms with van der Waals surface area (Å²) in [7, 11) is 0. The van der Waals surface area contributed by atoms with Crippen LogP contribution in [-0.4, -0.2) is 47.3 Å². The first kappa shape index (κ1) is 18.7. The Hall–Kier alpha value is -1.62. The van der Waals surface area contributed by atoms with Crippen molar-refractivity contribution >= 4 is 32.7 Å². The van der Waals surface area contributed by atoms with Crippen molar-refractivity contribution in [1.82, 2.24) is 9.88 Å². The number of hydrogen-bond donors (Lipinski definition) is 1. The van der Waals surface area contributed by atoms with Crippen LogP contribution in [-0.2, 0) is 4.74 Å². The Balaban J connectivity index is 1.40. The monoisotopic (exact) mass is 432 g/mol. The van der Waals surface area contributed by atoms with E-state index >= 15 is 0 Å². The second kappa shape index (κ2) is 7.78. The molecule has 0 amide bonds. The first-order valence-corrected chi connectivity index (χ1v) is 10.5. The minimum absolute atomic E-state index is 0.305. The van der Waals surface area contributed by atoms with E-state index in [0.717, 1.165) is 41.7 Å². The molecule has 0 radical (unpaired) electrons. The lowest BCUT2D eigenvalue weighted by molar-refractivity contribution is -0.0713. The number of anilines is 1. The van der Waals surface area contributed by atoms with Gasteiger partial charge in [0.05, 0.1) is 23.4 Å². The van der Waals surface area contributed by atoms with Crippen LogP contribution >= 0.6 is 15.9 Å². The van der Waals surface area contributed by atoms with Crippen molar-refractivity contribution in [3.8, 4) is 6.07 Å². The van der Waals surface area contributed by atoms with Gasteiger partial charge in [0.15, 0.2) is 5.58 Å². The van der Waals surface area contributed by atoms with Gasteiger partial charge in [-0.15, -0.1) is 0 Å². The molecule has 1 N–H and O–H groups in total. The molecule has 1 saturated heterocycles. The van der Waals surface area contributed by atoms with E-state index in [2.05, 4.69) is 45.0 Å². The predicted molar refractivity (Wildman–Crippen MR) is 108 cm³/mol. The first-order valence-electron chi connectivity index (χ1n) is 9.67. The standard InChI is InChI=1S/C20H25BrN4O2/c1-12-11-26-13(2)10-25(12)15-5-3-14(4-6-15)24-20-19(21)17-7-16(8-22)27-18(17)9-23-20/h7,9,12-15H,3-6,10-11H2,1-2H3,(H,23,24). The van der Waals surface area contributed by atoms with Crippen molar-refractivity contribution in [1.29, 1.82) is 5.26 Å². The quantitative estimate of drug-likeness (QED) is 0.779. The summed E-state index contributed by atoms with van der Waals surface area (Å²) in [6, 6.07) is 5.36. The van der Waals surface area contributed by atoms with Crippen LogP contribution in [0.3, 0.4) is 0 Å². The number of furan rings is 1. The van der Waals surface area contributed by atoms with E-state index in [1.54, 1.807) is 12.3 Å². The van der Waals surface area contributed by atoms with Crippen molar-refractivity contribution < 1.29 is 9.15 Å². The van der Waals surface area contributed by atoms with Crippen molar-refractivity contribution in [2.24, 2.45) is 0 Å². The Morgan fingerprint density at radius 3 is 2.81 bits per heavy atom. The molecule has 3 heterocycles. The highest BCUT2D eigenvalue weighted by molar-refractivity contribution is 9.10. The number of fused-ring (bicyclic) bond motifs is 1. The molecule has 2 aliphatic rings. The van der Waals surface area contributed by atoms with Gasteiger partial charge in [-0.3, -0.25) is 4.90 Å². The summed E-state index contributed by atoms with van der Waals surface area (Å²) < 4.78 is 12.1. The molecule has 2 atom stereocenters. The highest BCUT2D eigenvalue weighted by Gasteiger charge is 2.32. The summed E-state index contributed by atoms with van der Waals surface area (Å²) >= 11 is 3.62. The van der Waals surface area contributed by atoms with Crippen molar-refractivity contribution in [2.45, 2.75) is 63.8 Å². The van der Waals surface area contributed by atoms with Crippen LogP contribution in [0.5, 0.6) is 0 Å². The van der Waals surface area contributed by atoms with Crippen LogP contribution in [0.25, 0.3) is 11.0 Å². The normalized spacial score (nSPS) is 29.6. The van der Waals surface area contributed by atoms with Gasteiger partial charge in [-0.1, -0.05) is 0 Å². The summed E-state index contributed by atoms with van der Waals surface area (Å²) in [6.07, 6.45) is 6.66. The molecule has 2 aromatic heterocycles. The van der Waals surface area contributed by atoms with Crippen molar-refractivity contribution in [3.63, 3.8) is 0 Å². The third-order valence-electron chi connectivity index (χ3n) is 5.79. The summed E-state index contributed by atoms with van der Waals surface area (Å²) in [5.41, 5.74) is 0.628. The highest BCUT2D eigenvalue weighted by Crippen LogP contribution is 2.34. The van der Waals surface area contributed by atoms with Gasteiger partial charge in [-0.05, 0) is 55.5 Å². The zero-order valence-corrected chi connectivity index (χ0v) is 17.3. The Labute approximate surface area is 168 Å². The Morgan fingerprint density at radius 2 is 2.07 bits per heavy atom. The maximum atomic E-state index is 9.02. The fraction of sp³-hybridized carbons (Fsp3) is 0.600. The number of pyridine rings is 1. The molecule has 1 aliphatic carbocycles. The molecule has 0 aromatic carbocycles. The molecule has 0 bridgehead atoms. The first-order chi connectivity index (χ1) is 13.0. The smallest absolute Gasteiger partial charge is 0.204 e. The van der Waals surface area contributed by atoms with E-state index < -0.39 is 0 Å². The number of aromatic nitrogens is 1. The highest BCUT2D eigenvalue weighted by atomic mass is 79.9. The molecule has 2 fully saturated rings. The number of nitriles is 1.